The van der Waals surface area contributed by atoms with Crippen LogP contribution in [0.25, 0.3) is 0 Å². The minimum absolute atomic E-state index is 0.220. The Morgan fingerprint density at radius 1 is 1.32 bits per heavy atom. The van der Waals surface area contributed by atoms with E-state index in [1.54, 1.807) is 7.11 Å². The first-order valence-corrected chi connectivity index (χ1v) is 6.71. The van der Waals surface area contributed by atoms with Crippen LogP contribution in [0.3, 0.4) is 0 Å². The molecule has 0 amide bonds. The van der Waals surface area contributed by atoms with Crippen molar-refractivity contribution in [1.82, 2.24) is 4.90 Å². The van der Waals surface area contributed by atoms with Gasteiger partial charge < -0.3 is 9.84 Å². The summed E-state index contributed by atoms with van der Waals surface area (Å²) in [7, 11) is 1.69. The number of hydrogen-bond donors (Lipinski definition) is 1. The zero-order valence-corrected chi connectivity index (χ0v) is 11.3. The lowest BCUT2D eigenvalue weighted by Crippen LogP contribution is -2.28. The molecule has 0 bridgehead atoms. The first-order chi connectivity index (χ1) is 9.19. The fraction of sp³-hybridized carbons (Fsp3) is 0.533. The van der Waals surface area contributed by atoms with Crippen LogP contribution in [0.1, 0.15) is 30.4 Å². The van der Waals surface area contributed by atoms with Crippen LogP contribution in [0.2, 0.25) is 0 Å². The van der Waals surface area contributed by atoms with E-state index in [0.717, 1.165) is 12.1 Å². The molecule has 0 radical (unpaired) electrons. The largest absolute Gasteiger partial charge is 0.481 e. The quantitative estimate of drug-likeness (QED) is 0.781. The number of benzene rings is 1. The van der Waals surface area contributed by atoms with Crippen molar-refractivity contribution in [2.45, 2.75) is 38.5 Å². The number of carboxylic acid groups (broad SMARTS) is 1. The topological polar surface area (TPSA) is 49.8 Å². The zero-order valence-electron chi connectivity index (χ0n) is 11.3. The number of carboxylic acids is 1. The van der Waals surface area contributed by atoms with E-state index < -0.39 is 5.97 Å². The Morgan fingerprint density at radius 2 is 1.95 bits per heavy atom. The maximum absolute atomic E-state index is 10.7. The van der Waals surface area contributed by atoms with Crippen molar-refractivity contribution >= 4 is 5.97 Å². The van der Waals surface area contributed by atoms with Crippen LogP contribution >= 0.6 is 0 Å². The van der Waals surface area contributed by atoms with E-state index in [2.05, 4.69) is 29.2 Å². The molecule has 1 saturated carbocycles. The average Bonchev–Trinajstić information content (AvgIpc) is 3.21. The van der Waals surface area contributed by atoms with Gasteiger partial charge in [-0.2, -0.15) is 0 Å². The van der Waals surface area contributed by atoms with Gasteiger partial charge in [-0.25, -0.2) is 0 Å². The molecule has 0 atom stereocenters. The number of nitrogens with zero attached hydrogens (tertiary/aromatic N) is 1. The summed E-state index contributed by atoms with van der Waals surface area (Å²) in [6.07, 6.45) is 2.61. The lowest BCUT2D eigenvalue weighted by molar-refractivity contribution is -0.137. The van der Waals surface area contributed by atoms with Crippen molar-refractivity contribution in [2.75, 3.05) is 13.7 Å². The average molecular weight is 263 g/mol. The molecule has 0 saturated heterocycles. The van der Waals surface area contributed by atoms with Crippen LogP contribution in [0.4, 0.5) is 0 Å². The molecule has 0 aromatic heterocycles. The van der Waals surface area contributed by atoms with Crippen LogP contribution < -0.4 is 0 Å². The van der Waals surface area contributed by atoms with Crippen LogP contribution in [0.15, 0.2) is 24.3 Å². The molecule has 1 N–H and O–H groups in total. The van der Waals surface area contributed by atoms with E-state index in [4.69, 9.17) is 9.84 Å². The maximum atomic E-state index is 10.7. The third-order valence-electron chi connectivity index (χ3n) is 3.40. The zero-order chi connectivity index (χ0) is 13.7. The monoisotopic (exact) mass is 263 g/mol. The van der Waals surface area contributed by atoms with E-state index in [-0.39, 0.29) is 6.42 Å². The van der Waals surface area contributed by atoms with Gasteiger partial charge >= 0.3 is 5.97 Å². The second kappa shape index (κ2) is 6.68. The highest BCUT2D eigenvalue weighted by atomic mass is 16.5. The molecule has 1 fully saturated rings. The summed E-state index contributed by atoms with van der Waals surface area (Å²) in [6.45, 7) is 2.11. The molecule has 19 heavy (non-hydrogen) atoms. The molecule has 4 nitrogen and oxygen atoms in total. The highest BCUT2D eigenvalue weighted by Crippen LogP contribution is 2.28. The normalized spacial score (nSPS) is 14.8. The van der Waals surface area contributed by atoms with E-state index in [0.29, 0.717) is 19.2 Å². The molecule has 0 aliphatic heterocycles. The van der Waals surface area contributed by atoms with Gasteiger partial charge in [-0.15, -0.1) is 0 Å². The third-order valence-corrected chi connectivity index (χ3v) is 3.40. The lowest BCUT2D eigenvalue weighted by atomic mass is 10.1. The number of carbonyl (C=O) groups is 1. The van der Waals surface area contributed by atoms with Crippen molar-refractivity contribution in [3.05, 3.63) is 35.4 Å². The Kier molecular flexibility index (Phi) is 4.93. The van der Waals surface area contributed by atoms with Gasteiger partial charge in [-0.3, -0.25) is 9.69 Å². The van der Waals surface area contributed by atoms with Gasteiger partial charge in [0, 0.05) is 26.2 Å². The predicted molar refractivity (Wildman–Crippen MR) is 72.8 cm³/mol. The number of hydrogen-bond acceptors (Lipinski definition) is 3. The molecular formula is C15H21NO3. The molecule has 4 heteroatoms. The van der Waals surface area contributed by atoms with Gasteiger partial charge in [0.05, 0.1) is 13.0 Å². The fourth-order valence-electron chi connectivity index (χ4n) is 2.21. The summed E-state index contributed by atoms with van der Waals surface area (Å²) in [4.78, 5) is 13.0. The summed E-state index contributed by atoms with van der Waals surface area (Å²) < 4.78 is 5.09. The van der Waals surface area contributed by atoms with Crippen LogP contribution in [0.5, 0.6) is 0 Å². The molecule has 1 aromatic carbocycles. The van der Waals surface area contributed by atoms with Crippen molar-refractivity contribution in [3.63, 3.8) is 0 Å². The Hall–Kier alpha value is -1.39. The van der Waals surface area contributed by atoms with E-state index in [9.17, 15) is 4.79 Å². The second-order valence-electron chi connectivity index (χ2n) is 5.09. The molecule has 0 unspecified atom stereocenters. The lowest BCUT2D eigenvalue weighted by Gasteiger charge is -2.21. The summed E-state index contributed by atoms with van der Waals surface area (Å²) in [5.74, 6) is -0.721. The summed E-state index contributed by atoms with van der Waals surface area (Å²) in [5, 5.41) is 8.79. The second-order valence-corrected chi connectivity index (χ2v) is 5.09. The molecule has 104 valence electrons. The SMILES string of the molecule is COCc1ccc(CN(CCC(=O)O)C2CC2)cc1. The number of aliphatic carboxylic acids is 1. The van der Waals surface area contributed by atoms with E-state index in [1.807, 2.05) is 0 Å². The molecule has 1 aliphatic rings. The molecular weight excluding hydrogens is 242 g/mol. The summed E-state index contributed by atoms with van der Waals surface area (Å²) in [5.41, 5.74) is 2.40. The fourth-order valence-corrected chi connectivity index (χ4v) is 2.21. The highest BCUT2D eigenvalue weighted by molar-refractivity contribution is 5.66. The molecule has 0 heterocycles. The van der Waals surface area contributed by atoms with Crippen molar-refractivity contribution < 1.29 is 14.6 Å². The Morgan fingerprint density at radius 3 is 2.47 bits per heavy atom. The van der Waals surface area contributed by atoms with Gasteiger partial charge in [0.25, 0.3) is 0 Å². The van der Waals surface area contributed by atoms with Crippen LogP contribution in [0, 0.1) is 0 Å². The van der Waals surface area contributed by atoms with Gasteiger partial charge in [-0.05, 0) is 24.0 Å². The van der Waals surface area contributed by atoms with E-state index in [1.165, 1.54) is 18.4 Å². The third kappa shape index (κ3) is 4.65. The van der Waals surface area contributed by atoms with Gasteiger partial charge in [-0.1, -0.05) is 24.3 Å². The molecule has 1 aliphatic carbocycles. The minimum atomic E-state index is -0.721. The Labute approximate surface area is 114 Å². The first-order valence-electron chi connectivity index (χ1n) is 6.71. The van der Waals surface area contributed by atoms with Gasteiger partial charge in [0.2, 0.25) is 0 Å². The minimum Gasteiger partial charge on any atom is -0.481 e. The molecule has 0 spiro atoms. The Bertz CT molecular complexity index is 412. The summed E-state index contributed by atoms with van der Waals surface area (Å²) >= 11 is 0. The standard InChI is InChI=1S/C15H21NO3/c1-19-11-13-4-2-12(3-5-13)10-16(14-6-7-14)9-8-15(17)18/h2-5,14H,6-11H2,1H3,(H,17,18). The summed E-state index contributed by atoms with van der Waals surface area (Å²) in [6, 6.07) is 8.93. The van der Waals surface area contributed by atoms with Crippen molar-refractivity contribution in [3.8, 4) is 0 Å². The molecule has 2 rings (SSSR count). The smallest absolute Gasteiger partial charge is 0.304 e. The Balaban J connectivity index is 1.90. The number of methoxy groups -OCH3 is 1. The van der Waals surface area contributed by atoms with Crippen LogP contribution in [-0.4, -0.2) is 35.7 Å². The first kappa shape index (κ1) is 14.0. The van der Waals surface area contributed by atoms with Gasteiger partial charge in [0.15, 0.2) is 0 Å². The van der Waals surface area contributed by atoms with Crippen molar-refractivity contribution in [2.24, 2.45) is 0 Å². The van der Waals surface area contributed by atoms with Crippen LogP contribution in [-0.2, 0) is 22.7 Å². The maximum Gasteiger partial charge on any atom is 0.304 e. The van der Waals surface area contributed by atoms with E-state index >= 15 is 0 Å². The number of rotatable bonds is 8. The van der Waals surface area contributed by atoms with Crippen molar-refractivity contribution in [1.29, 1.82) is 0 Å². The molecule has 1 aromatic rings. The number of ether oxygens (including phenoxy) is 1. The van der Waals surface area contributed by atoms with Gasteiger partial charge in [0.1, 0.15) is 0 Å². The predicted octanol–water partition coefficient (Wildman–Crippen LogP) is 2.27. The highest BCUT2D eigenvalue weighted by Gasteiger charge is 2.28.